The topological polar surface area (TPSA) is 95.2 Å². The Morgan fingerprint density at radius 1 is 1.50 bits per heavy atom. The number of nitrogens with zero attached hydrogens (tertiary/aromatic N) is 1. The van der Waals surface area contributed by atoms with Gasteiger partial charge >= 0.3 is 5.69 Å². The number of nitro benzene ring substituents is 1. The predicted octanol–water partition coefficient (Wildman–Crippen LogP) is 1.47. The Balaban J connectivity index is 2.89. The van der Waals surface area contributed by atoms with Gasteiger partial charge in [-0.2, -0.15) is 4.39 Å². The highest BCUT2D eigenvalue weighted by molar-refractivity contribution is 5.37. The van der Waals surface area contributed by atoms with Crippen LogP contribution in [-0.4, -0.2) is 11.5 Å². The highest BCUT2D eigenvalue weighted by atomic mass is 19.1. The van der Waals surface area contributed by atoms with Crippen LogP contribution in [0.1, 0.15) is 24.4 Å². The molecule has 4 N–H and O–H groups in total. The Hall–Kier alpha value is -1.53. The van der Waals surface area contributed by atoms with Crippen LogP contribution in [0.2, 0.25) is 0 Å². The molecule has 0 aliphatic heterocycles. The van der Waals surface area contributed by atoms with Crippen LogP contribution >= 0.6 is 0 Å². The highest BCUT2D eigenvalue weighted by Gasteiger charge is 2.16. The third-order valence-electron chi connectivity index (χ3n) is 2.31. The van der Waals surface area contributed by atoms with Gasteiger partial charge in [-0.25, -0.2) is 0 Å². The molecule has 1 aromatic carbocycles. The van der Waals surface area contributed by atoms with Crippen LogP contribution in [0.3, 0.4) is 0 Å². The molecule has 0 amide bonds. The van der Waals surface area contributed by atoms with E-state index in [1.165, 1.54) is 12.1 Å². The quantitative estimate of drug-likeness (QED) is 0.588. The van der Waals surface area contributed by atoms with Crippen molar-refractivity contribution in [2.75, 3.05) is 6.54 Å². The van der Waals surface area contributed by atoms with Crippen molar-refractivity contribution >= 4 is 5.69 Å². The molecular weight excluding hydrogens is 213 g/mol. The second-order valence-electron chi connectivity index (χ2n) is 3.51. The van der Waals surface area contributed by atoms with Gasteiger partial charge < -0.3 is 11.5 Å². The third kappa shape index (κ3) is 2.98. The molecular formula is C10H14FN3O2. The van der Waals surface area contributed by atoms with Crippen molar-refractivity contribution in [3.8, 4) is 0 Å². The summed E-state index contributed by atoms with van der Waals surface area (Å²) in [7, 11) is 0. The summed E-state index contributed by atoms with van der Waals surface area (Å²) in [6.45, 7) is 0.511. The molecule has 0 heterocycles. The van der Waals surface area contributed by atoms with Crippen LogP contribution in [0.5, 0.6) is 0 Å². The second kappa shape index (κ2) is 5.53. The number of nitrogens with two attached hydrogens (primary N) is 2. The monoisotopic (exact) mass is 227 g/mol. The van der Waals surface area contributed by atoms with E-state index in [-0.39, 0.29) is 6.04 Å². The van der Waals surface area contributed by atoms with Gasteiger partial charge in [0.25, 0.3) is 0 Å². The first kappa shape index (κ1) is 12.5. The lowest BCUT2D eigenvalue weighted by molar-refractivity contribution is -0.387. The van der Waals surface area contributed by atoms with Crippen LogP contribution in [0.15, 0.2) is 18.2 Å². The second-order valence-corrected chi connectivity index (χ2v) is 3.51. The van der Waals surface area contributed by atoms with Gasteiger partial charge in [0.2, 0.25) is 5.82 Å². The lowest BCUT2D eigenvalue weighted by Gasteiger charge is -2.10. The number of halogens is 1. The molecule has 0 radical (unpaired) electrons. The summed E-state index contributed by atoms with van der Waals surface area (Å²) in [5.74, 6) is -0.847. The number of hydrogen-bond donors (Lipinski definition) is 2. The Morgan fingerprint density at radius 3 is 2.75 bits per heavy atom. The minimum atomic E-state index is -0.847. The summed E-state index contributed by atoms with van der Waals surface area (Å²) >= 11 is 0. The Kier molecular flexibility index (Phi) is 4.33. The van der Waals surface area contributed by atoms with Gasteiger partial charge in [0.05, 0.1) is 4.92 Å². The van der Waals surface area contributed by atoms with E-state index >= 15 is 0 Å². The SMILES string of the molecule is NCCC[C@H](N)c1ccc(F)c([N+](=O)[O-])c1. The van der Waals surface area contributed by atoms with Crippen LogP contribution < -0.4 is 11.5 Å². The average Bonchev–Trinajstić information content (AvgIpc) is 2.26. The molecule has 0 aliphatic rings. The largest absolute Gasteiger partial charge is 0.330 e. The maximum Gasteiger partial charge on any atom is 0.305 e. The van der Waals surface area contributed by atoms with Gasteiger partial charge in [-0.15, -0.1) is 0 Å². The molecule has 0 unspecified atom stereocenters. The first-order valence-electron chi connectivity index (χ1n) is 4.95. The molecule has 0 aliphatic carbocycles. The first-order valence-corrected chi connectivity index (χ1v) is 4.95. The highest BCUT2D eigenvalue weighted by Crippen LogP contribution is 2.23. The van der Waals surface area contributed by atoms with E-state index in [2.05, 4.69) is 0 Å². The zero-order valence-corrected chi connectivity index (χ0v) is 8.73. The minimum absolute atomic E-state index is 0.345. The van der Waals surface area contributed by atoms with Crippen LogP contribution in [0, 0.1) is 15.9 Å². The number of rotatable bonds is 5. The van der Waals surface area contributed by atoms with Crippen LogP contribution in [0.25, 0.3) is 0 Å². The average molecular weight is 227 g/mol. The smallest absolute Gasteiger partial charge is 0.305 e. The maximum atomic E-state index is 13.0. The molecule has 0 saturated heterocycles. The molecule has 1 aromatic rings. The molecule has 88 valence electrons. The van der Waals surface area contributed by atoms with E-state index in [1.54, 1.807) is 0 Å². The Morgan fingerprint density at radius 2 is 2.19 bits per heavy atom. The van der Waals surface area contributed by atoms with Gasteiger partial charge in [0, 0.05) is 12.1 Å². The van der Waals surface area contributed by atoms with E-state index < -0.39 is 16.4 Å². The van der Waals surface area contributed by atoms with E-state index in [1.807, 2.05) is 0 Å². The van der Waals surface area contributed by atoms with E-state index in [0.29, 0.717) is 18.5 Å². The summed E-state index contributed by atoms with van der Waals surface area (Å²) in [6.07, 6.45) is 1.35. The van der Waals surface area contributed by atoms with E-state index in [4.69, 9.17) is 11.5 Å². The number of nitro groups is 1. The first-order chi connectivity index (χ1) is 7.56. The maximum absolute atomic E-state index is 13.0. The molecule has 0 bridgehead atoms. The fourth-order valence-corrected chi connectivity index (χ4v) is 1.40. The molecule has 0 aromatic heterocycles. The van der Waals surface area contributed by atoms with Crippen molar-refractivity contribution < 1.29 is 9.31 Å². The lowest BCUT2D eigenvalue weighted by atomic mass is 10.0. The third-order valence-corrected chi connectivity index (χ3v) is 2.31. The van der Waals surface area contributed by atoms with Crippen molar-refractivity contribution in [3.63, 3.8) is 0 Å². The van der Waals surface area contributed by atoms with Gasteiger partial charge in [-0.3, -0.25) is 10.1 Å². The molecule has 0 fully saturated rings. The van der Waals surface area contributed by atoms with Crippen molar-refractivity contribution in [3.05, 3.63) is 39.7 Å². The zero-order valence-electron chi connectivity index (χ0n) is 8.73. The van der Waals surface area contributed by atoms with Crippen molar-refractivity contribution in [2.24, 2.45) is 11.5 Å². The standard InChI is InChI=1S/C10H14FN3O2/c11-8-4-3-7(6-10(8)14(15)16)9(13)2-1-5-12/h3-4,6,9H,1-2,5,12-13H2/t9-/m0/s1. The molecule has 0 saturated carbocycles. The number of hydrogen-bond acceptors (Lipinski definition) is 4. The van der Waals surface area contributed by atoms with Crippen molar-refractivity contribution in [1.82, 2.24) is 0 Å². The van der Waals surface area contributed by atoms with Crippen molar-refractivity contribution in [1.29, 1.82) is 0 Å². The normalized spacial score (nSPS) is 12.4. The summed E-state index contributed by atoms with van der Waals surface area (Å²) in [5.41, 5.74) is 11.1. The zero-order chi connectivity index (χ0) is 12.1. The van der Waals surface area contributed by atoms with Gasteiger partial charge in [-0.05, 0) is 31.0 Å². The van der Waals surface area contributed by atoms with E-state index in [0.717, 1.165) is 12.5 Å². The molecule has 6 heteroatoms. The minimum Gasteiger partial charge on any atom is -0.330 e. The fraction of sp³-hybridized carbons (Fsp3) is 0.400. The predicted molar refractivity (Wildman–Crippen MR) is 58.3 cm³/mol. The molecule has 0 spiro atoms. The Labute approximate surface area is 92.4 Å². The Bertz CT molecular complexity index is 384. The van der Waals surface area contributed by atoms with Gasteiger partial charge in [0.1, 0.15) is 0 Å². The summed E-state index contributed by atoms with van der Waals surface area (Å²) < 4.78 is 13.0. The molecule has 1 rings (SSSR count). The molecule has 16 heavy (non-hydrogen) atoms. The fourth-order valence-electron chi connectivity index (χ4n) is 1.40. The summed E-state index contributed by atoms with van der Waals surface area (Å²) in [6, 6.07) is 3.36. The lowest BCUT2D eigenvalue weighted by Crippen LogP contribution is -2.13. The van der Waals surface area contributed by atoms with Gasteiger partial charge in [0.15, 0.2) is 0 Å². The van der Waals surface area contributed by atoms with E-state index in [9.17, 15) is 14.5 Å². The molecule has 5 nitrogen and oxygen atoms in total. The summed E-state index contributed by atoms with van der Waals surface area (Å²) in [4.78, 5) is 9.76. The van der Waals surface area contributed by atoms with Crippen LogP contribution in [0.4, 0.5) is 10.1 Å². The molecule has 1 atom stereocenters. The van der Waals surface area contributed by atoms with Crippen LogP contribution in [-0.2, 0) is 0 Å². The summed E-state index contributed by atoms with van der Waals surface area (Å²) in [5, 5.41) is 10.5. The number of benzene rings is 1. The van der Waals surface area contributed by atoms with Crippen molar-refractivity contribution in [2.45, 2.75) is 18.9 Å². The van der Waals surface area contributed by atoms with Gasteiger partial charge in [-0.1, -0.05) is 6.07 Å².